The Morgan fingerprint density at radius 3 is 2.63 bits per heavy atom. The van der Waals surface area contributed by atoms with Crippen LogP contribution in [0.1, 0.15) is 37.5 Å². The summed E-state index contributed by atoms with van der Waals surface area (Å²) >= 11 is 0. The number of hydrogen-bond donors (Lipinski definition) is 2. The lowest BCUT2D eigenvalue weighted by Crippen LogP contribution is -2.38. The molecule has 0 amide bonds. The molecule has 0 saturated carbocycles. The average molecular weight is 370 g/mol. The highest BCUT2D eigenvalue weighted by Gasteiger charge is 2.04. The Bertz CT molecular complexity index is 674. The molecular formula is C21H30N4O2. The SMILES string of the molecule is CCNC(=NCc1ccc(OC)nc1)NCCCOC(C)c1ccccc1. The molecule has 2 aromatic rings. The number of methoxy groups -OCH3 is 1. The van der Waals surface area contributed by atoms with E-state index in [1.807, 2.05) is 30.3 Å². The molecular weight excluding hydrogens is 340 g/mol. The van der Waals surface area contributed by atoms with Gasteiger partial charge in [-0.15, -0.1) is 0 Å². The third-order valence-corrected chi connectivity index (χ3v) is 4.02. The number of ether oxygens (including phenoxy) is 2. The summed E-state index contributed by atoms with van der Waals surface area (Å²) < 4.78 is 11.0. The monoisotopic (exact) mass is 370 g/mol. The van der Waals surface area contributed by atoms with Crippen LogP contribution in [0, 0.1) is 0 Å². The fourth-order valence-corrected chi connectivity index (χ4v) is 2.50. The Hall–Kier alpha value is -2.60. The molecule has 0 spiro atoms. The summed E-state index contributed by atoms with van der Waals surface area (Å²) in [6.07, 6.45) is 2.80. The zero-order valence-corrected chi connectivity index (χ0v) is 16.4. The van der Waals surface area contributed by atoms with Gasteiger partial charge >= 0.3 is 0 Å². The minimum atomic E-state index is 0.107. The fourth-order valence-electron chi connectivity index (χ4n) is 2.50. The summed E-state index contributed by atoms with van der Waals surface area (Å²) in [4.78, 5) is 8.79. The predicted octanol–water partition coefficient (Wildman–Crippen LogP) is 3.31. The summed E-state index contributed by atoms with van der Waals surface area (Å²) in [7, 11) is 1.61. The van der Waals surface area contributed by atoms with Crippen LogP contribution >= 0.6 is 0 Å². The predicted molar refractivity (Wildman–Crippen MR) is 109 cm³/mol. The third-order valence-electron chi connectivity index (χ3n) is 4.02. The number of guanidine groups is 1. The van der Waals surface area contributed by atoms with Crippen LogP contribution in [-0.2, 0) is 11.3 Å². The second-order valence-corrected chi connectivity index (χ2v) is 6.11. The first-order valence-electron chi connectivity index (χ1n) is 9.40. The summed E-state index contributed by atoms with van der Waals surface area (Å²) in [6.45, 7) is 7.01. The van der Waals surface area contributed by atoms with Crippen molar-refractivity contribution in [1.82, 2.24) is 15.6 Å². The minimum Gasteiger partial charge on any atom is -0.481 e. The standard InChI is InChI=1S/C21H30N4O2/c1-4-22-21(25-16-18-11-12-20(26-3)24-15-18)23-13-8-14-27-17(2)19-9-6-5-7-10-19/h5-7,9-12,15,17H,4,8,13-14,16H2,1-3H3,(H2,22,23,25). The molecule has 1 atom stereocenters. The van der Waals surface area contributed by atoms with E-state index in [4.69, 9.17) is 9.47 Å². The molecule has 0 fully saturated rings. The molecule has 1 aromatic heterocycles. The molecule has 2 rings (SSSR count). The summed E-state index contributed by atoms with van der Waals surface area (Å²) in [6, 6.07) is 14.1. The van der Waals surface area contributed by atoms with Gasteiger partial charge in [-0.25, -0.2) is 9.98 Å². The molecule has 146 valence electrons. The first kappa shape index (κ1) is 20.7. The van der Waals surface area contributed by atoms with Crippen molar-refractivity contribution in [3.05, 3.63) is 59.8 Å². The zero-order valence-electron chi connectivity index (χ0n) is 16.4. The van der Waals surface area contributed by atoms with Crippen LogP contribution in [0.4, 0.5) is 0 Å². The van der Waals surface area contributed by atoms with E-state index in [1.54, 1.807) is 13.3 Å². The highest BCUT2D eigenvalue weighted by Crippen LogP contribution is 2.15. The molecule has 0 saturated heterocycles. The maximum absolute atomic E-state index is 5.90. The van der Waals surface area contributed by atoms with E-state index < -0.39 is 0 Å². The van der Waals surface area contributed by atoms with Crippen LogP contribution in [0.3, 0.4) is 0 Å². The van der Waals surface area contributed by atoms with Gasteiger partial charge in [0.1, 0.15) is 0 Å². The van der Waals surface area contributed by atoms with Gasteiger partial charge in [0, 0.05) is 32.0 Å². The molecule has 2 N–H and O–H groups in total. The Morgan fingerprint density at radius 1 is 1.15 bits per heavy atom. The Morgan fingerprint density at radius 2 is 1.96 bits per heavy atom. The van der Waals surface area contributed by atoms with Gasteiger partial charge < -0.3 is 20.1 Å². The van der Waals surface area contributed by atoms with Gasteiger partial charge in [-0.3, -0.25) is 0 Å². The van der Waals surface area contributed by atoms with E-state index in [-0.39, 0.29) is 6.10 Å². The van der Waals surface area contributed by atoms with Crippen molar-refractivity contribution in [3.8, 4) is 5.88 Å². The average Bonchev–Trinajstić information content (AvgIpc) is 2.72. The van der Waals surface area contributed by atoms with E-state index in [9.17, 15) is 0 Å². The molecule has 6 nitrogen and oxygen atoms in total. The second-order valence-electron chi connectivity index (χ2n) is 6.11. The number of aromatic nitrogens is 1. The van der Waals surface area contributed by atoms with E-state index in [0.29, 0.717) is 19.0 Å². The molecule has 27 heavy (non-hydrogen) atoms. The van der Waals surface area contributed by atoms with Gasteiger partial charge in [-0.1, -0.05) is 36.4 Å². The van der Waals surface area contributed by atoms with Gasteiger partial charge in [0.2, 0.25) is 5.88 Å². The van der Waals surface area contributed by atoms with E-state index >= 15 is 0 Å². The maximum atomic E-state index is 5.90. The van der Waals surface area contributed by atoms with E-state index in [0.717, 1.165) is 31.0 Å². The van der Waals surface area contributed by atoms with Crippen molar-refractivity contribution in [2.24, 2.45) is 4.99 Å². The van der Waals surface area contributed by atoms with Crippen molar-refractivity contribution in [2.75, 3.05) is 26.8 Å². The van der Waals surface area contributed by atoms with Crippen molar-refractivity contribution < 1.29 is 9.47 Å². The highest BCUT2D eigenvalue weighted by atomic mass is 16.5. The number of aliphatic imine (C=N–C) groups is 1. The number of nitrogens with one attached hydrogen (secondary N) is 2. The summed E-state index contributed by atoms with van der Waals surface area (Å²) in [5, 5.41) is 6.59. The molecule has 0 aliphatic rings. The first-order chi connectivity index (χ1) is 13.2. The Balaban J connectivity index is 1.71. The van der Waals surface area contributed by atoms with Crippen molar-refractivity contribution in [1.29, 1.82) is 0 Å². The van der Waals surface area contributed by atoms with Gasteiger partial charge in [0.25, 0.3) is 0 Å². The van der Waals surface area contributed by atoms with E-state index in [2.05, 4.69) is 46.6 Å². The normalized spacial score (nSPS) is 12.5. The first-order valence-corrected chi connectivity index (χ1v) is 9.40. The number of rotatable bonds is 10. The number of hydrogen-bond acceptors (Lipinski definition) is 4. The molecule has 0 bridgehead atoms. The topological polar surface area (TPSA) is 67.8 Å². The Kier molecular flexibility index (Phi) is 9.13. The quantitative estimate of drug-likeness (QED) is 0.381. The second kappa shape index (κ2) is 11.9. The molecule has 6 heteroatoms. The van der Waals surface area contributed by atoms with Gasteiger partial charge in [-0.05, 0) is 31.4 Å². The molecule has 1 heterocycles. The molecule has 1 unspecified atom stereocenters. The molecule has 0 aliphatic heterocycles. The van der Waals surface area contributed by atoms with Crippen molar-refractivity contribution >= 4 is 5.96 Å². The minimum absolute atomic E-state index is 0.107. The summed E-state index contributed by atoms with van der Waals surface area (Å²) in [5.74, 6) is 1.40. The zero-order chi connectivity index (χ0) is 19.3. The number of pyridine rings is 1. The van der Waals surface area contributed by atoms with E-state index in [1.165, 1.54) is 5.56 Å². The summed E-state index contributed by atoms with van der Waals surface area (Å²) in [5.41, 5.74) is 2.24. The van der Waals surface area contributed by atoms with Crippen LogP contribution in [0.2, 0.25) is 0 Å². The highest BCUT2D eigenvalue weighted by molar-refractivity contribution is 5.79. The molecule has 0 aliphatic carbocycles. The van der Waals surface area contributed by atoms with Crippen LogP contribution < -0.4 is 15.4 Å². The lowest BCUT2D eigenvalue weighted by atomic mass is 10.1. The maximum Gasteiger partial charge on any atom is 0.212 e. The molecule has 1 aromatic carbocycles. The fraction of sp³-hybridized carbons (Fsp3) is 0.429. The number of nitrogens with zero attached hydrogens (tertiary/aromatic N) is 2. The number of benzene rings is 1. The van der Waals surface area contributed by atoms with Crippen molar-refractivity contribution in [2.45, 2.75) is 32.9 Å². The Labute approximate surface area is 162 Å². The van der Waals surface area contributed by atoms with Gasteiger partial charge in [-0.2, -0.15) is 0 Å². The smallest absolute Gasteiger partial charge is 0.212 e. The third kappa shape index (κ3) is 7.66. The lowest BCUT2D eigenvalue weighted by Gasteiger charge is -2.14. The van der Waals surface area contributed by atoms with Crippen LogP contribution in [0.15, 0.2) is 53.7 Å². The van der Waals surface area contributed by atoms with Crippen LogP contribution in [0.25, 0.3) is 0 Å². The lowest BCUT2D eigenvalue weighted by molar-refractivity contribution is 0.0646. The van der Waals surface area contributed by atoms with Crippen LogP contribution in [-0.4, -0.2) is 37.7 Å². The van der Waals surface area contributed by atoms with Gasteiger partial charge in [0.15, 0.2) is 5.96 Å². The largest absolute Gasteiger partial charge is 0.481 e. The molecule has 0 radical (unpaired) electrons. The van der Waals surface area contributed by atoms with Crippen LogP contribution in [0.5, 0.6) is 5.88 Å². The van der Waals surface area contributed by atoms with Crippen molar-refractivity contribution in [3.63, 3.8) is 0 Å². The van der Waals surface area contributed by atoms with Gasteiger partial charge in [0.05, 0.1) is 19.8 Å².